The Bertz CT molecular complexity index is 575. The van der Waals surface area contributed by atoms with Crippen molar-refractivity contribution in [1.82, 2.24) is 19.9 Å². The molecule has 3 heterocycles. The maximum absolute atomic E-state index is 12.0. The van der Waals surface area contributed by atoms with Crippen LogP contribution in [0, 0.1) is 0 Å². The Morgan fingerprint density at radius 1 is 1.35 bits per heavy atom. The maximum Gasteiger partial charge on any atom is 0.358 e. The van der Waals surface area contributed by atoms with E-state index in [1.165, 1.54) is 17.1 Å². The number of ether oxygens (including phenoxy) is 2. The van der Waals surface area contributed by atoms with Crippen LogP contribution in [0.1, 0.15) is 16.5 Å². The second kappa shape index (κ2) is 4.83. The van der Waals surface area contributed by atoms with E-state index in [0.29, 0.717) is 26.3 Å². The van der Waals surface area contributed by atoms with Gasteiger partial charge in [-0.05, 0) is 0 Å². The van der Waals surface area contributed by atoms with Gasteiger partial charge < -0.3 is 19.5 Å². The largest absolute Gasteiger partial charge is 0.494 e. The molecule has 20 heavy (non-hydrogen) atoms. The van der Waals surface area contributed by atoms with Crippen molar-refractivity contribution in [2.75, 3.05) is 26.3 Å². The van der Waals surface area contributed by atoms with Crippen molar-refractivity contribution >= 4 is 11.9 Å². The Labute approximate surface area is 113 Å². The van der Waals surface area contributed by atoms with Crippen LogP contribution in [0.5, 0.6) is 0 Å². The van der Waals surface area contributed by atoms with Gasteiger partial charge in [0.05, 0.1) is 12.2 Å². The van der Waals surface area contributed by atoms with Gasteiger partial charge in [0.1, 0.15) is 19.5 Å². The molecule has 106 valence electrons. The summed E-state index contributed by atoms with van der Waals surface area (Å²) in [6.45, 7) is 1.67. The normalized spacial score (nSPS) is 18.6. The number of carboxylic acid groups (broad SMARTS) is 1. The van der Waals surface area contributed by atoms with Crippen LogP contribution >= 0.6 is 0 Å². The first-order valence-corrected chi connectivity index (χ1v) is 6.04. The minimum atomic E-state index is -1.12. The summed E-state index contributed by atoms with van der Waals surface area (Å²) in [5.41, 5.74) is -0.110. The van der Waals surface area contributed by atoms with Crippen LogP contribution in [-0.2, 0) is 14.3 Å². The van der Waals surface area contributed by atoms with Gasteiger partial charge in [0, 0.05) is 13.1 Å². The highest BCUT2D eigenvalue weighted by Crippen LogP contribution is 2.23. The third-order valence-corrected chi connectivity index (χ3v) is 3.11. The fourth-order valence-corrected chi connectivity index (χ4v) is 1.98. The van der Waals surface area contributed by atoms with Crippen LogP contribution in [-0.4, -0.2) is 63.2 Å². The van der Waals surface area contributed by atoms with Gasteiger partial charge in [-0.25, -0.2) is 9.48 Å². The zero-order chi connectivity index (χ0) is 14.1. The van der Waals surface area contributed by atoms with Gasteiger partial charge in [0.25, 0.3) is 5.91 Å². The summed E-state index contributed by atoms with van der Waals surface area (Å²) >= 11 is 0. The van der Waals surface area contributed by atoms with Crippen molar-refractivity contribution in [3.05, 3.63) is 23.9 Å². The number of amides is 1. The lowest BCUT2D eigenvalue weighted by Crippen LogP contribution is -2.51. The summed E-state index contributed by atoms with van der Waals surface area (Å²) in [6.07, 6.45) is 2.67. The Kier molecular flexibility index (Phi) is 3.01. The number of likely N-dealkylation sites (tertiary alicyclic amines) is 1. The molecule has 1 aromatic rings. The molecule has 0 spiro atoms. The van der Waals surface area contributed by atoms with Gasteiger partial charge in [0.15, 0.2) is 5.69 Å². The van der Waals surface area contributed by atoms with Gasteiger partial charge >= 0.3 is 5.97 Å². The molecule has 0 unspecified atom stereocenters. The average Bonchev–Trinajstić information content (AvgIpc) is 2.87. The summed E-state index contributed by atoms with van der Waals surface area (Å²) in [5, 5.41) is 16.0. The fourth-order valence-electron chi connectivity index (χ4n) is 1.98. The molecular weight excluding hydrogens is 268 g/mol. The third-order valence-electron chi connectivity index (χ3n) is 3.11. The molecule has 3 rings (SSSR count). The molecule has 1 aromatic heterocycles. The Morgan fingerprint density at radius 2 is 2.15 bits per heavy atom. The standard InChI is InChI=1S/C11H12N4O5/c16-10(9-6-19-1-2-20-9)14-3-7(4-14)15-5-8(11(17)18)12-13-15/h5-7H,1-4H2,(H,17,18). The number of aromatic nitrogens is 3. The van der Waals surface area contributed by atoms with Crippen LogP contribution in [0.3, 0.4) is 0 Å². The lowest BCUT2D eigenvalue weighted by molar-refractivity contribution is -0.138. The van der Waals surface area contributed by atoms with E-state index in [1.54, 1.807) is 4.90 Å². The summed E-state index contributed by atoms with van der Waals surface area (Å²) in [7, 11) is 0. The predicted molar refractivity (Wildman–Crippen MR) is 62.6 cm³/mol. The molecule has 0 aliphatic carbocycles. The first kappa shape index (κ1) is 12.5. The zero-order valence-corrected chi connectivity index (χ0v) is 10.4. The van der Waals surface area contributed by atoms with E-state index in [0.717, 1.165) is 0 Å². The van der Waals surface area contributed by atoms with Gasteiger partial charge in [-0.2, -0.15) is 0 Å². The fraction of sp³-hybridized carbons (Fsp3) is 0.455. The lowest BCUT2D eigenvalue weighted by Gasteiger charge is -2.39. The number of carbonyl (C=O) groups excluding carboxylic acids is 1. The summed E-state index contributed by atoms with van der Waals surface area (Å²) in [5.74, 6) is -1.17. The van der Waals surface area contributed by atoms with Gasteiger partial charge in [0.2, 0.25) is 5.76 Å². The SMILES string of the molecule is O=C(O)c1cn(C2CN(C(=O)C3=COCCO3)C2)nn1. The molecule has 9 heteroatoms. The smallest absolute Gasteiger partial charge is 0.358 e. The summed E-state index contributed by atoms with van der Waals surface area (Å²) < 4.78 is 11.7. The van der Waals surface area contributed by atoms with Crippen LogP contribution in [0.15, 0.2) is 18.2 Å². The molecule has 1 amide bonds. The first-order valence-electron chi connectivity index (χ1n) is 6.04. The van der Waals surface area contributed by atoms with E-state index < -0.39 is 5.97 Å². The minimum Gasteiger partial charge on any atom is -0.494 e. The zero-order valence-electron chi connectivity index (χ0n) is 10.4. The number of hydrogen-bond donors (Lipinski definition) is 1. The average molecular weight is 280 g/mol. The molecule has 1 N–H and O–H groups in total. The van der Waals surface area contributed by atoms with E-state index in [1.807, 2.05) is 0 Å². The highest BCUT2D eigenvalue weighted by Gasteiger charge is 2.35. The van der Waals surface area contributed by atoms with E-state index in [9.17, 15) is 9.59 Å². The Balaban J connectivity index is 1.59. The quantitative estimate of drug-likeness (QED) is 0.776. The molecule has 1 fully saturated rings. The molecule has 0 aromatic carbocycles. The molecule has 1 saturated heterocycles. The second-order valence-electron chi connectivity index (χ2n) is 4.45. The summed E-state index contributed by atoms with van der Waals surface area (Å²) in [6, 6.07) is -0.0651. The molecule has 2 aliphatic rings. The Morgan fingerprint density at radius 3 is 2.75 bits per heavy atom. The molecule has 0 saturated carbocycles. The van der Waals surface area contributed by atoms with Crippen molar-refractivity contribution in [1.29, 1.82) is 0 Å². The molecule has 0 radical (unpaired) electrons. The van der Waals surface area contributed by atoms with Crippen molar-refractivity contribution in [2.24, 2.45) is 0 Å². The molecule has 0 atom stereocenters. The van der Waals surface area contributed by atoms with Crippen LogP contribution in [0.4, 0.5) is 0 Å². The van der Waals surface area contributed by atoms with E-state index >= 15 is 0 Å². The molecule has 9 nitrogen and oxygen atoms in total. The number of carboxylic acids is 1. The highest BCUT2D eigenvalue weighted by atomic mass is 16.6. The van der Waals surface area contributed by atoms with Crippen molar-refractivity contribution < 1.29 is 24.2 Å². The maximum atomic E-state index is 12.0. The highest BCUT2D eigenvalue weighted by molar-refractivity contribution is 5.92. The Hall–Kier alpha value is -2.58. The second-order valence-corrected chi connectivity index (χ2v) is 4.45. The van der Waals surface area contributed by atoms with E-state index in [-0.39, 0.29) is 23.4 Å². The molecule has 2 aliphatic heterocycles. The van der Waals surface area contributed by atoms with Gasteiger partial charge in [-0.1, -0.05) is 5.21 Å². The number of rotatable bonds is 3. The topological polar surface area (TPSA) is 107 Å². The van der Waals surface area contributed by atoms with Gasteiger partial charge in [-0.15, -0.1) is 5.10 Å². The molecular formula is C11H12N4O5. The third kappa shape index (κ3) is 2.17. The predicted octanol–water partition coefficient (Wildman–Crippen LogP) is -0.752. The number of carbonyl (C=O) groups is 2. The van der Waals surface area contributed by atoms with Crippen LogP contribution in [0.25, 0.3) is 0 Å². The molecule has 0 bridgehead atoms. The lowest BCUT2D eigenvalue weighted by atomic mass is 10.1. The monoisotopic (exact) mass is 280 g/mol. The number of nitrogens with zero attached hydrogens (tertiary/aromatic N) is 4. The van der Waals surface area contributed by atoms with Crippen molar-refractivity contribution in [2.45, 2.75) is 6.04 Å². The first-order chi connectivity index (χ1) is 9.65. The summed E-state index contributed by atoms with van der Waals surface area (Å²) in [4.78, 5) is 24.3. The van der Waals surface area contributed by atoms with E-state index in [2.05, 4.69) is 10.3 Å². The number of aromatic carboxylic acids is 1. The van der Waals surface area contributed by atoms with Crippen LogP contribution < -0.4 is 0 Å². The van der Waals surface area contributed by atoms with Crippen LogP contribution in [0.2, 0.25) is 0 Å². The van der Waals surface area contributed by atoms with Crippen molar-refractivity contribution in [3.8, 4) is 0 Å². The number of hydrogen-bond acceptors (Lipinski definition) is 6. The van der Waals surface area contributed by atoms with Gasteiger partial charge in [-0.3, -0.25) is 4.79 Å². The minimum absolute atomic E-state index is 0.0651. The van der Waals surface area contributed by atoms with Crippen molar-refractivity contribution in [3.63, 3.8) is 0 Å². The van der Waals surface area contributed by atoms with E-state index in [4.69, 9.17) is 14.6 Å².